The highest BCUT2D eigenvalue weighted by Crippen LogP contribution is 2.33. The van der Waals surface area contributed by atoms with Gasteiger partial charge < -0.3 is 10.2 Å². The van der Waals surface area contributed by atoms with Gasteiger partial charge in [-0.05, 0) is 118 Å². The van der Waals surface area contributed by atoms with Gasteiger partial charge in [0.05, 0.1) is 13.2 Å². The molecule has 0 atom stereocenters. The van der Waals surface area contributed by atoms with Gasteiger partial charge in [0.25, 0.3) is 0 Å². The van der Waals surface area contributed by atoms with E-state index in [0.29, 0.717) is 0 Å². The number of aliphatic hydroxyl groups is 2. The van der Waals surface area contributed by atoms with E-state index in [0.717, 1.165) is 73.2 Å². The van der Waals surface area contributed by atoms with Crippen molar-refractivity contribution in [3.05, 3.63) is 66.8 Å². The number of hydrogen-bond acceptors (Lipinski definition) is 2. The van der Waals surface area contributed by atoms with Gasteiger partial charge in [-0.25, -0.2) is 0 Å². The highest BCUT2D eigenvalue weighted by molar-refractivity contribution is 9.09. The standard InChI is InChI=1S/C16H24Br2.C16H26O2/c2*1-5-11-12(6-2)14(8-4)16(10-18)15(9-17)13(11)7-3/h5-10H2,1-4H3;17-18H,5-10H2,1-4H3. The van der Waals surface area contributed by atoms with Crippen molar-refractivity contribution in [1.29, 1.82) is 0 Å². The molecule has 2 nitrogen and oxygen atoms in total. The van der Waals surface area contributed by atoms with Gasteiger partial charge in [0.15, 0.2) is 0 Å². The topological polar surface area (TPSA) is 40.5 Å². The first-order valence-electron chi connectivity index (χ1n) is 14.1. The Morgan fingerprint density at radius 3 is 0.639 bits per heavy atom. The molecule has 0 aliphatic heterocycles. The van der Waals surface area contributed by atoms with Crippen molar-refractivity contribution in [2.75, 3.05) is 0 Å². The van der Waals surface area contributed by atoms with E-state index in [1.54, 1.807) is 22.3 Å². The van der Waals surface area contributed by atoms with Crippen LogP contribution in [0.5, 0.6) is 0 Å². The Morgan fingerprint density at radius 1 is 0.333 bits per heavy atom. The molecule has 0 fully saturated rings. The molecule has 0 aliphatic carbocycles. The van der Waals surface area contributed by atoms with Crippen LogP contribution >= 0.6 is 31.9 Å². The van der Waals surface area contributed by atoms with E-state index in [4.69, 9.17) is 0 Å². The van der Waals surface area contributed by atoms with Crippen LogP contribution in [0.1, 0.15) is 122 Å². The predicted octanol–water partition coefficient (Wildman–Crippen LogP) is 8.65. The van der Waals surface area contributed by atoms with Crippen molar-refractivity contribution < 1.29 is 10.2 Å². The van der Waals surface area contributed by atoms with Crippen molar-refractivity contribution in [3.63, 3.8) is 0 Å². The molecule has 4 heteroatoms. The van der Waals surface area contributed by atoms with Crippen LogP contribution < -0.4 is 0 Å². The van der Waals surface area contributed by atoms with Crippen LogP contribution in [-0.2, 0) is 75.2 Å². The third-order valence-electron chi connectivity index (χ3n) is 7.78. The van der Waals surface area contributed by atoms with Crippen molar-refractivity contribution in [2.24, 2.45) is 0 Å². The van der Waals surface area contributed by atoms with Gasteiger partial charge in [-0.2, -0.15) is 0 Å². The number of aliphatic hydroxyl groups excluding tert-OH is 2. The minimum absolute atomic E-state index is 0.0308. The molecule has 0 heterocycles. The van der Waals surface area contributed by atoms with Gasteiger partial charge >= 0.3 is 0 Å². The fraction of sp³-hybridized carbons (Fsp3) is 0.625. The summed E-state index contributed by atoms with van der Waals surface area (Å²) in [5.41, 5.74) is 16.6. The average molecular weight is 627 g/mol. The minimum atomic E-state index is 0.0308. The van der Waals surface area contributed by atoms with Gasteiger partial charge in [-0.3, -0.25) is 0 Å². The Bertz CT molecular complexity index is 659. The molecular weight excluding hydrogens is 576 g/mol. The molecule has 0 bridgehead atoms. The number of alkyl halides is 2. The maximum absolute atomic E-state index is 9.65. The molecule has 2 aromatic carbocycles. The van der Waals surface area contributed by atoms with E-state index in [1.807, 2.05) is 0 Å². The molecule has 0 spiro atoms. The van der Waals surface area contributed by atoms with E-state index in [9.17, 15) is 10.2 Å². The van der Waals surface area contributed by atoms with Crippen LogP contribution in [0.4, 0.5) is 0 Å². The van der Waals surface area contributed by atoms with Gasteiger partial charge in [0.2, 0.25) is 0 Å². The molecule has 0 amide bonds. The van der Waals surface area contributed by atoms with Crippen LogP contribution in [0.3, 0.4) is 0 Å². The monoisotopic (exact) mass is 624 g/mol. The summed E-state index contributed by atoms with van der Waals surface area (Å²) in [4.78, 5) is 0. The predicted molar refractivity (Wildman–Crippen MR) is 165 cm³/mol. The second-order valence-corrected chi connectivity index (χ2v) is 10.3. The Balaban J connectivity index is 0.000000360. The Hall–Kier alpha value is -0.680. The number of hydrogen-bond donors (Lipinski definition) is 2. The summed E-state index contributed by atoms with van der Waals surface area (Å²) in [5.74, 6) is 0. The van der Waals surface area contributed by atoms with Crippen LogP contribution in [0.15, 0.2) is 0 Å². The van der Waals surface area contributed by atoms with E-state index >= 15 is 0 Å². The van der Waals surface area contributed by atoms with E-state index < -0.39 is 0 Å². The molecule has 2 N–H and O–H groups in total. The van der Waals surface area contributed by atoms with Crippen LogP contribution in [0.2, 0.25) is 0 Å². The second-order valence-electron chi connectivity index (χ2n) is 9.15. The Labute approximate surface area is 238 Å². The summed E-state index contributed by atoms with van der Waals surface area (Å²) in [6, 6.07) is 0. The summed E-state index contributed by atoms with van der Waals surface area (Å²) >= 11 is 7.39. The van der Waals surface area contributed by atoms with Gasteiger partial charge in [0.1, 0.15) is 0 Å². The van der Waals surface area contributed by atoms with Crippen LogP contribution in [0, 0.1) is 0 Å². The van der Waals surface area contributed by atoms with Crippen molar-refractivity contribution >= 4 is 31.9 Å². The maximum atomic E-state index is 9.65. The zero-order chi connectivity index (χ0) is 27.4. The lowest BCUT2D eigenvalue weighted by molar-refractivity contribution is 0.257. The van der Waals surface area contributed by atoms with Crippen LogP contribution in [-0.4, -0.2) is 10.2 Å². The number of halogens is 2. The molecular formula is C32H50Br2O2. The summed E-state index contributed by atoms with van der Waals surface area (Å²) in [7, 11) is 0. The summed E-state index contributed by atoms with van der Waals surface area (Å²) in [6.07, 6.45) is 8.42. The molecule has 204 valence electrons. The third kappa shape index (κ3) is 6.84. The molecule has 0 saturated heterocycles. The molecule has 2 aromatic rings. The quantitative estimate of drug-likeness (QED) is 0.232. The molecule has 0 unspecified atom stereocenters. The minimum Gasteiger partial charge on any atom is -0.392 e. The van der Waals surface area contributed by atoms with Crippen molar-refractivity contribution in [1.82, 2.24) is 0 Å². The Morgan fingerprint density at radius 2 is 0.500 bits per heavy atom. The zero-order valence-corrected chi connectivity index (χ0v) is 27.3. The van der Waals surface area contributed by atoms with Crippen molar-refractivity contribution in [3.8, 4) is 0 Å². The molecule has 36 heavy (non-hydrogen) atoms. The fourth-order valence-electron chi connectivity index (χ4n) is 6.30. The van der Waals surface area contributed by atoms with E-state index in [1.165, 1.54) is 33.4 Å². The van der Waals surface area contributed by atoms with Gasteiger partial charge in [0, 0.05) is 10.7 Å². The largest absolute Gasteiger partial charge is 0.392 e. The van der Waals surface area contributed by atoms with Crippen LogP contribution in [0.25, 0.3) is 0 Å². The smallest absolute Gasteiger partial charge is 0.0688 e. The summed E-state index contributed by atoms with van der Waals surface area (Å²) < 4.78 is 0. The third-order valence-corrected chi connectivity index (χ3v) is 8.90. The SMILES string of the molecule is CCc1c(CC)c(CC)c(CBr)c(CBr)c1CC.CCc1c(CC)c(CC)c(CO)c(CO)c1CC. The van der Waals surface area contributed by atoms with Gasteiger partial charge in [-0.15, -0.1) is 0 Å². The lowest BCUT2D eigenvalue weighted by Crippen LogP contribution is -2.12. The second kappa shape index (κ2) is 17.0. The van der Waals surface area contributed by atoms with E-state index in [2.05, 4.69) is 87.2 Å². The molecule has 0 saturated carbocycles. The zero-order valence-electron chi connectivity index (χ0n) is 24.1. The Kier molecular flexibility index (Phi) is 15.8. The lowest BCUT2D eigenvalue weighted by Gasteiger charge is -2.24. The first kappa shape index (κ1) is 33.3. The van der Waals surface area contributed by atoms with Gasteiger partial charge in [-0.1, -0.05) is 87.2 Å². The van der Waals surface area contributed by atoms with Crippen molar-refractivity contribution in [2.45, 2.75) is 131 Å². The van der Waals surface area contributed by atoms with E-state index in [-0.39, 0.29) is 13.2 Å². The fourth-order valence-corrected chi connectivity index (χ4v) is 7.66. The molecule has 0 aromatic heterocycles. The highest BCUT2D eigenvalue weighted by atomic mass is 79.9. The molecule has 0 aliphatic rings. The first-order chi connectivity index (χ1) is 17.4. The summed E-state index contributed by atoms with van der Waals surface area (Å²) in [6.45, 7) is 17.8. The average Bonchev–Trinajstić information content (AvgIpc) is 2.93. The molecule has 0 radical (unpaired) electrons. The highest BCUT2D eigenvalue weighted by Gasteiger charge is 2.20. The maximum Gasteiger partial charge on any atom is 0.0688 e. The normalized spacial score (nSPS) is 11.0. The number of rotatable bonds is 12. The first-order valence-corrected chi connectivity index (χ1v) is 16.3. The molecule has 2 rings (SSSR count). The lowest BCUT2D eigenvalue weighted by atomic mass is 9.83. The summed E-state index contributed by atoms with van der Waals surface area (Å²) in [5, 5.41) is 21.3. The number of benzene rings is 2.